The lowest BCUT2D eigenvalue weighted by atomic mass is 10.2. The molecule has 1 aromatic carbocycles. The van der Waals surface area contributed by atoms with E-state index in [2.05, 4.69) is 4.98 Å². The van der Waals surface area contributed by atoms with Crippen LogP contribution < -0.4 is 26.6 Å². The molecule has 0 bridgehead atoms. The van der Waals surface area contributed by atoms with E-state index in [1.807, 2.05) is 19.9 Å². The predicted molar refractivity (Wildman–Crippen MR) is 115 cm³/mol. The minimum Gasteiger partial charge on any atom is -0.481 e. The molecule has 0 fully saturated rings. The van der Waals surface area contributed by atoms with Gasteiger partial charge in [0.1, 0.15) is 11.6 Å². The van der Waals surface area contributed by atoms with Gasteiger partial charge in [0.2, 0.25) is 0 Å². The standard InChI is InChI=1S/C21H27N5O4/c1-4-6-12-25(17-18(23)26(11-5-2)21(29)24-19(17)27)20(28)14(3)30-16-9-7-15(13-22)8-10-16/h7-10,14H,4-6,11-12,23H2,1-3H3,(H,24,27,29). The van der Waals surface area contributed by atoms with Crippen molar-refractivity contribution < 1.29 is 9.53 Å². The molecule has 3 N–H and O–H groups in total. The maximum absolute atomic E-state index is 13.2. The predicted octanol–water partition coefficient (Wildman–Crippen LogP) is 2.00. The van der Waals surface area contributed by atoms with Crippen LogP contribution in [-0.2, 0) is 11.3 Å². The second kappa shape index (κ2) is 10.3. The fraction of sp³-hybridized carbons (Fsp3) is 0.429. The fourth-order valence-electron chi connectivity index (χ4n) is 3.01. The zero-order valence-electron chi connectivity index (χ0n) is 17.5. The van der Waals surface area contributed by atoms with Gasteiger partial charge in [-0.25, -0.2) is 4.79 Å². The van der Waals surface area contributed by atoms with Gasteiger partial charge in [-0.1, -0.05) is 20.3 Å². The van der Waals surface area contributed by atoms with E-state index < -0.39 is 23.3 Å². The Morgan fingerprint density at radius 3 is 2.50 bits per heavy atom. The Labute approximate surface area is 174 Å². The average Bonchev–Trinajstić information content (AvgIpc) is 2.73. The van der Waals surface area contributed by atoms with Crippen molar-refractivity contribution >= 4 is 17.4 Å². The molecular weight excluding hydrogens is 386 g/mol. The van der Waals surface area contributed by atoms with E-state index in [1.54, 1.807) is 31.2 Å². The molecule has 1 heterocycles. The van der Waals surface area contributed by atoms with Gasteiger partial charge in [0.15, 0.2) is 11.8 Å². The monoisotopic (exact) mass is 413 g/mol. The minimum atomic E-state index is -0.917. The van der Waals surface area contributed by atoms with Crippen LogP contribution in [0.2, 0.25) is 0 Å². The number of nitrogens with two attached hydrogens (primary N) is 1. The Kier molecular flexibility index (Phi) is 7.81. The Hall–Kier alpha value is -3.54. The van der Waals surface area contributed by atoms with Crippen molar-refractivity contribution in [2.75, 3.05) is 17.2 Å². The molecule has 2 aromatic rings. The summed E-state index contributed by atoms with van der Waals surface area (Å²) in [5.41, 5.74) is 5.26. The summed E-state index contributed by atoms with van der Waals surface area (Å²) in [5, 5.41) is 8.89. The van der Waals surface area contributed by atoms with Crippen molar-refractivity contribution in [2.45, 2.75) is 52.7 Å². The lowest BCUT2D eigenvalue weighted by Gasteiger charge is -2.27. The molecule has 1 unspecified atom stereocenters. The SMILES string of the molecule is CCCCN(C(=O)C(C)Oc1ccc(C#N)cc1)c1c(N)n(CCC)c(=O)[nH]c1=O. The number of H-pyrrole nitrogens is 1. The number of benzene rings is 1. The molecule has 160 valence electrons. The van der Waals surface area contributed by atoms with Crippen LogP contribution in [0, 0.1) is 11.3 Å². The number of amides is 1. The first kappa shape index (κ1) is 22.7. The zero-order chi connectivity index (χ0) is 22.3. The number of carbonyl (C=O) groups is 1. The van der Waals surface area contributed by atoms with E-state index in [4.69, 9.17) is 15.7 Å². The molecule has 9 nitrogen and oxygen atoms in total. The number of hydrogen-bond donors (Lipinski definition) is 2. The molecule has 0 spiro atoms. The molecule has 1 amide bonds. The summed E-state index contributed by atoms with van der Waals surface area (Å²) in [5.74, 6) is -0.0736. The van der Waals surface area contributed by atoms with Gasteiger partial charge in [-0.2, -0.15) is 5.26 Å². The molecule has 1 atom stereocenters. The first-order valence-electron chi connectivity index (χ1n) is 9.94. The number of carbonyl (C=O) groups excluding carboxylic acids is 1. The number of aromatic nitrogens is 2. The Morgan fingerprint density at radius 2 is 1.93 bits per heavy atom. The molecule has 30 heavy (non-hydrogen) atoms. The third-order valence-electron chi connectivity index (χ3n) is 4.58. The van der Waals surface area contributed by atoms with Crippen LogP contribution in [0.4, 0.5) is 11.5 Å². The number of nitriles is 1. The molecule has 0 aliphatic heterocycles. The third-order valence-corrected chi connectivity index (χ3v) is 4.58. The molecule has 0 radical (unpaired) electrons. The number of hydrogen-bond acceptors (Lipinski definition) is 6. The van der Waals surface area contributed by atoms with Crippen LogP contribution in [0.5, 0.6) is 5.75 Å². The topological polar surface area (TPSA) is 134 Å². The summed E-state index contributed by atoms with van der Waals surface area (Å²) < 4.78 is 6.98. The molecule has 1 aromatic heterocycles. The Morgan fingerprint density at radius 1 is 1.27 bits per heavy atom. The smallest absolute Gasteiger partial charge is 0.330 e. The van der Waals surface area contributed by atoms with E-state index >= 15 is 0 Å². The number of nitrogens with one attached hydrogen (secondary N) is 1. The van der Waals surface area contributed by atoms with Crippen molar-refractivity contribution in [2.24, 2.45) is 0 Å². The second-order valence-corrected chi connectivity index (χ2v) is 6.88. The van der Waals surface area contributed by atoms with E-state index in [1.165, 1.54) is 9.47 Å². The normalized spacial score (nSPS) is 11.5. The molecule has 0 saturated heterocycles. The maximum Gasteiger partial charge on any atom is 0.330 e. The summed E-state index contributed by atoms with van der Waals surface area (Å²) in [7, 11) is 0. The number of anilines is 2. The van der Waals surface area contributed by atoms with Crippen LogP contribution in [0.1, 0.15) is 45.6 Å². The highest BCUT2D eigenvalue weighted by atomic mass is 16.5. The number of rotatable bonds is 9. The third kappa shape index (κ3) is 5.08. The summed E-state index contributed by atoms with van der Waals surface area (Å²) in [6.07, 6.45) is 1.15. The molecule has 0 aliphatic rings. The van der Waals surface area contributed by atoms with E-state index in [-0.39, 0.29) is 18.1 Å². The van der Waals surface area contributed by atoms with Gasteiger partial charge in [-0.15, -0.1) is 0 Å². The summed E-state index contributed by atoms with van der Waals surface area (Å²) in [6, 6.07) is 8.39. The highest BCUT2D eigenvalue weighted by molar-refractivity contribution is 5.98. The van der Waals surface area contributed by atoms with Gasteiger partial charge >= 0.3 is 5.69 Å². The van der Waals surface area contributed by atoms with Crippen molar-refractivity contribution in [3.8, 4) is 11.8 Å². The summed E-state index contributed by atoms with van der Waals surface area (Å²) in [6.45, 7) is 6.00. The van der Waals surface area contributed by atoms with E-state index in [9.17, 15) is 14.4 Å². The van der Waals surface area contributed by atoms with Gasteiger partial charge in [0.05, 0.1) is 11.6 Å². The average molecular weight is 413 g/mol. The van der Waals surface area contributed by atoms with E-state index in [0.29, 0.717) is 30.7 Å². The Balaban J connectivity index is 2.40. The lowest BCUT2D eigenvalue weighted by molar-refractivity contribution is -0.124. The molecule has 0 saturated carbocycles. The number of unbranched alkanes of at least 4 members (excludes halogenated alkanes) is 1. The zero-order valence-corrected chi connectivity index (χ0v) is 17.5. The molecular formula is C21H27N5O4. The quantitative estimate of drug-likeness (QED) is 0.646. The number of nitrogens with zero attached hydrogens (tertiary/aromatic N) is 3. The van der Waals surface area contributed by atoms with Crippen molar-refractivity contribution in [1.82, 2.24) is 9.55 Å². The maximum atomic E-state index is 13.2. The van der Waals surface area contributed by atoms with Crippen LogP contribution in [-0.4, -0.2) is 28.1 Å². The largest absolute Gasteiger partial charge is 0.481 e. The number of nitrogen functional groups attached to an aromatic ring is 1. The minimum absolute atomic E-state index is 0.0411. The molecule has 9 heteroatoms. The van der Waals surface area contributed by atoms with Crippen molar-refractivity contribution in [3.63, 3.8) is 0 Å². The highest BCUT2D eigenvalue weighted by Gasteiger charge is 2.28. The second-order valence-electron chi connectivity index (χ2n) is 6.88. The number of aromatic amines is 1. The summed E-state index contributed by atoms with van der Waals surface area (Å²) >= 11 is 0. The first-order valence-corrected chi connectivity index (χ1v) is 9.94. The van der Waals surface area contributed by atoms with E-state index in [0.717, 1.165) is 6.42 Å². The van der Waals surface area contributed by atoms with Crippen LogP contribution in [0.15, 0.2) is 33.9 Å². The van der Waals surface area contributed by atoms with Gasteiger partial charge in [-0.3, -0.25) is 19.1 Å². The van der Waals surface area contributed by atoms with Crippen molar-refractivity contribution in [3.05, 3.63) is 50.7 Å². The van der Waals surface area contributed by atoms with Gasteiger partial charge in [0, 0.05) is 13.1 Å². The highest BCUT2D eigenvalue weighted by Crippen LogP contribution is 2.21. The van der Waals surface area contributed by atoms with Gasteiger partial charge < -0.3 is 15.4 Å². The first-order chi connectivity index (χ1) is 14.3. The van der Waals surface area contributed by atoms with Gasteiger partial charge in [0.25, 0.3) is 11.5 Å². The number of ether oxygens (including phenoxy) is 1. The molecule has 2 rings (SSSR count). The van der Waals surface area contributed by atoms with Gasteiger partial charge in [-0.05, 0) is 44.0 Å². The van der Waals surface area contributed by atoms with Crippen molar-refractivity contribution in [1.29, 1.82) is 5.26 Å². The summed E-state index contributed by atoms with van der Waals surface area (Å²) in [4.78, 5) is 41.4. The molecule has 0 aliphatic carbocycles. The van der Waals surface area contributed by atoms with Crippen LogP contribution in [0.3, 0.4) is 0 Å². The van der Waals surface area contributed by atoms with Crippen LogP contribution >= 0.6 is 0 Å². The fourth-order valence-corrected chi connectivity index (χ4v) is 3.01. The van der Waals surface area contributed by atoms with Crippen LogP contribution in [0.25, 0.3) is 0 Å². The lowest BCUT2D eigenvalue weighted by Crippen LogP contribution is -2.46. The Bertz CT molecular complexity index is 1030.